The number of hydrogen-bond acceptors (Lipinski definition) is 2. The molecule has 0 aliphatic heterocycles. The summed E-state index contributed by atoms with van der Waals surface area (Å²) >= 11 is 0. The second-order valence-electron chi connectivity index (χ2n) is 4.66. The van der Waals surface area contributed by atoms with Crippen LogP contribution < -0.4 is 0 Å². The molecule has 1 aliphatic rings. The van der Waals surface area contributed by atoms with Crippen LogP contribution in [0.4, 0.5) is 0 Å². The van der Waals surface area contributed by atoms with Gasteiger partial charge in [-0.2, -0.15) is 10.4 Å². The zero-order chi connectivity index (χ0) is 11.8. The van der Waals surface area contributed by atoms with E-state index in [1.54, 1.807) is 0 Å². The number of benzene rings is 1. The normalized spacial score (nSPS) is 22.1. The van der Waals surface area contributed by atoms with Crippen LogP contribution in [0.25, 0.3) is 0 Å². The Morgan fingerprint density at radius 3 is 2.82 bits per heavy atom. The van der Waals surface area contributed by atoms with Crippen molar-refractivity contribution in [2.75, 3.05) is 0 Å². The standard InChI is InChI=1S/C14H13N3/c1-9-6-12(13-8-16-17-14(9)13)11-4-2-10(7-15)3-5-11/h2-5,8-9,12H,6H2,1H3,(H,16,17). The van der Waals surface area contributed by atoms with Crippen LogP contribution in [0.2, 0.25) is 0 Å². The Balaban J connectivity index is 1.99. The van der Waals surface area contributed by atoms with E-state index < -0.39 is 0 Å². The number of aromatic amines is 1. The Hall–Kier alpha value is -2.08. The SMILES string of the molecule is CC1CC(c2ccc(C#N)cc2)c2cn[nH]c21. The van der Waals surface area contributed by atoms with Crippen LogP contribution in [0.3, 0.4) is 0 Å². The van der Waals surface area contributed by atoms with Gasteiger partial charge in [-0.3, -0.25) is 5.10 Å². The summed E-state index contributed by atoms with van der Waals surface area (Å²) in [4.78, 5) is 0. The van der Waals surface area contributed by atoms with E-state index in [0.717, 1.165) is 6.42 Å². The van der Waals surface area contributed by atoms with Crippen molar-refractivity contribution < 1.29 is 0 Å². The first-order chi connectivity index (χ1) is 8.29. The average molecular weight is 223 g/mol. The number of nitrogens with zero attached hydrogens (tertiary/aromatic N) is 2. The van der Waals surface area contributed by atoms with Crippen molar-refractivity contribution in [2.24, 2.45) is 0 Å². The quantitative estimate of drug-likeness (QED) is 0.808. The molecule has 3 heteroatoms. The third kappa shape index (κ3) is 1.53. The first-order valence-electron chi connectivity index (χ1n) is 5.83. The first-order valence-corrected chi connectivity index (χ1v) is 5.83. The molecule has 3 nitrogen and oxygen atoms in total. The summed E-state index contributed by atoms with van der Waals surface area (Å²) in [5.74, 6) is 0.958. The van der Waals surface area contributed by atoms with E-state index in [4.69, 9.17) is 5.26 Å². The molecule has 0 spiro atoms. The molecule has 0 bridgehead atoms. The fourth-order valence-corrected chi connectivity index (χ4v) is 2.68. The summed E-state index contributed by atoms with van der Waals surface area (Å²) in [5, 5.41) is 16.0. The molecule has 2 unspecified atom stereocenters. The maximum atomic E-state index is 8.80. The van der Waals surface area contributed by atoms with E-state index in [2.05, 4.69) is 35.3 Å². The van der Waals surface area contributed by atoms with Gasteiger partial charge in [-0.15, -0.1) is 0 Å². The number of fused-ring (bicyclic) bond motifs is 1. The molecule has 2 atom stereocenters. The molecule has 0 saturated heterocycles. The molecular weight excluding hydrogens is 210 g/mol. The minimum atomic E-state index is 0.423. The van der Waals surface area contributed by atoms with Crippen molar-refractivity contribution in [1.29, 1.82) is 5.26 Å². The second-order valence-corrected chi connectivity index (χ2v) is 4.66. The van der Waals surface area contributed by atoms with Gasteiger partial charge < -0.3 is 0 Å². The Bertz CT molecular complexity index is 574. The lowest BCUT2D eigenvalue weighted by Gasteiger charge is -2.10. The Kier molecular flexibility index (Phi) is 2.22. The molecule has 17 heavy (non-hydrogen) atoms. The Labute approximate surface area is 100 Å². The molecule has 2 aromatic rings. The third-order valence-corrected chi connectivity index (χ3v) is 3.60. The molecule has 0 amide bonds. The summed E-state index contributed by atoms with van der Waals surface area (Å²) < 4.78 is 0. The van der Waals surface area contributed by atoms with Crippen molar-refractivity contribution in [3.05, 3.63) is 52.8 Å². The molecule has 1 N–H and O–H groups in total. The van der Waals surface area contributed by atoms with Crippen LogP contribution >= 0.6 is 0 Å². The number of H-pyrrole nitrogens is 1. The van der Waals surface area contributed by atoms with E-state index in [9.17, 15) is 0 Å². The van der Waals surface area contributed by atoms with E-state index in [1.807, 2.05) is 18.3 Å². The van der Waals surface area contributed by atoms with Gasteiger partial charge in [0, 0.05) is 17.2 Å². The fraction of sp³-hybridized carbons (Fsp3) is 0.286. The van der Waals surface area contributed by atoms with Crippen LogP contribution in [0.1, 0.15) is 47.6 Å². The molecular formula is C14H13N3. The highest BCUT2D eigenvalue weighted by atomic mass is 15.1. The van der Waals surface area contributed by atoms with Crippen LogP contribution in [-0.4, -0.2) is 10.2 Å². The summed E-state index contributed by atoms with van der Waals surface area (Å²) in [6, 6.07) is 10.0. The zero-order valence-corrected chi connectivity index (χ0v) is 9.64. The van der Waals surface area contributed by atoms with Gasteiger partial charge in [0.15, 0.2) is 0 Å². The lowest BCUT2D eigenvalue weighted by atomic mass is 9.93. The number of nitrogens with one attached hydrogen (secondary N) is 1. The number of rotatable bonds is 1. The predicted octanol–water partition coefficient (Wildman–Crippen LogP) is 2.92. The van der Waals surface area contributed by atoms with Gasteiger partial charge in [0.25, 0.3) is 0 Å². The van der Waals surface area contributed by atoms with Gasteiger partial charge >= 0.3 is 0 Å². The molecule has 0 fully saturated rings. The van der Waals surface area contributed by atoms with Gasteiger partial charge in [-0.05, 0) is 30.0 Å². The van der Waals surface area contributed by atoms with Crippen LogP contribution in [-0.2, 0) is 0 Å². The summed E-state index contributed by atoms with van der Waals surface area (Å²) in [5.41, 5.74) is 4.56. The predicted molar refractivity (Wildman–Crippen MR) is 64.6 cm³/mol. The van der Waals surface area contributed by atoms with Crippen molar-refractivity contribution >= 4 is 0 Å². The van der Waals surface area contributed by atoms with Crippen LogP contribution in [0, 0.1) is 11.3 Å². The van der Waals surface area contributed by atoms with E-state index in [0.29, 0.717) is 17.4 Å². The summed E-state index contributed by atoms with van der Waals surface area (Å²) in [6.07, 6.45) is 3.05. The minimum absolute atomic E-state index is 0.423. The van der Waals surface area contributed by atoms with E-state index in [1.165, 1.54) is 16.8 Å². The lowest BCUT2D eigenvalue weighted by molar-refractivity contribution is 0.665. The molecule has 1 aromatic heterocycles. The number of nitriles is 1. The highest BCUT2D eigenvalue weighted by Gasteiger charge is 2.30. The second kappa shape index (κ2) is 3.74. The van der Waals surface area contributed by atoms with Gasteiger partial charge in [-0.25, -0.2) is 0 Å². The Morgan fingerprint density at radius 1 is 1.35 bits per heavy atom. The van der Waals surface area contributed by atoms with Gasteiger partial charge in [-0.1, -0.05) is 19.1 Å². The third-order valence-electron chi connectivity index (χ3n) is 3.60. The monoisotopic (exact) mass is 223 g/mol. The Morgan fingerprint density at radius 2 is 2.12 bits per heavy atom. The highest BCUT2D eigenvalue weighted by Crippen LogP contribution is 2.43. The maximum Gasteiger partial charge on any atom is 0.0991 e. The van der Waals surface area contributed by atoms with Crippen molar-refractivity contribution in [2.45, 2.75) is 25.2 Å². The molecule has 84 valence electrons. The van der Waals surface area contributed by atoms with Gasteiger partial charge in [0.2, 0.25) is 0 Å². The molecule has 1 aromatic carbocycles. The van der Waals surface area contributed by atoms with Crippen molar-refractivity contribution in [1.82, 2.24) is 10.2 Å². The fourth-order valence-electron chi connectivity index (χ4n) is 2.68. The molecule has 0 radical (unpaired) electrons. The first kappa shape index (κ1) is 10.1. The van der Waals surface area contributed by atoms with Crippen molar-refractivity contribution in [3.63, 3.8) is 0 Å². The zero-order valence-electron chi connectivity index (χ0n) is 9.64. The maximum absolute atomic E-state index is 8.80. The lowest BCUT2D eigenvalue weighted by Crippen LogP contribution is -1.96. The average Bonchev–Trinajstić information content (AvgIpc) is 2.94. The number of hydrogen-bond donors (Lipinski definition) is 1. The molecule has 1 aliphatic carbocycles. The van der Waals surface area contributed by atoms with Crippen LogP contribution in [0.5, 0.6) is 0 Å². The van der Waals surface area contributed by atoms with Crippen LogP contribution in [0.15, 0.2) is 30.5 Å². The van der Waals surface area contributed by atoms with Gasteiger partial charge in [0.05, 0.1) is 17.8 Å². The number of aromatic nitrogens is 2. The summed E-state index contributed by atoms with van der Waals surface area (Å²) in [6.45, 7) is 2.22. The molecule has 3 rings (SSSR count). The van der Waals surface area contributed by atoms with E-state index in [-0.39, 0.29) is 0 Å². The minimum Gasteiger partial charge on any atom is -0.282 e. The van der Waals surface area contributed by atoms with Gasteiger partial charge in [0.1, 0.15) is 0 Å². The molecule has 0 saturated carbocycles. The topological polar surface area (TPSA) is 52.5 Å². The van der Waals surface area contributed by atoms with E-state index >= 15 is 0 Å². The largest absolute Gasteiger partial charge is 0.282 e. The smallest absolute Gasteiger partial charge is 0.0991 e. The van der Waals surface area contributed by atoms with Crippen molar-refractivity contribution in [3.8, 4) is 6.07 Å². The summed E-state index contributed by atoms with van der Waals surface area (Å²) in [7, 11) is 0. The molecule has 1 heterocycles. The highest BCUT2D eigenvalue weighted by molar-refractivity contribution is 5.42.